The molecule has 0 aromatic heterocycles. The number of hydrogen-bond donors (Lipinski definition) is 0. The van der Waals surface area contributed by atoms with Crippen molar-refractivity contribution < 1.29 is 23.8 Å². The Morgan fingerprint density at radius 1 is 1.50 bits per heavy atom. The van der Waals surface area contributed by atoms with E-state index < -0.39 is 18.2 Å². The minimum absolute atomic E-state index is 0.313. The molecule has 5 nitrogen and oxygen atoms in total. The predicted octanol–water partition coefficient (Wildman–Crippen LogP) is 0.897. The third-order valence-corrected chi connectivity index (χ3v) is 1.09. The van der Waals surface area contributed by atoms with Crippen LogP contribution in [0.5, 0.6) is 0 Å². The molecule has 0 heterocycles. The number of methoxy groups -OCH3 is 1. The quantitative estimate of drug-likeness (QED) is 0.496. The highest BCUT2D eigenvalue weighted by Crippen LogP contribution is 1.97. The summed E-state index contributed by atoms with van der Waals surface area (Å²) in [6.45, 7) is 1.36. The fourth-order valence-electron chi connectivity index (χ4n) is 0.437. The van der Waals surface area contributed by atoms with Crippen molar-refractivity contribution in [3.63, 3.8) is 0 Å². The Morgan fingerprint density at radius 2 is 2.08 bits per heavy atom. The van der Waals surface area contributed by atoms with E-state index >= 15 is 0 Å². The smallest absolute Gasteiger partial charge is 0.466 e. The lowest BCUT2D eigenvalue weighted by Crippen LogP contribution is -2.25. The Morgan fingerprint density at radius 3 is 2.50 bits per heavy atom. The zero-order valence-corrected chi connectivity index (χ0v) is 7.46. The fourth-order valence-corrected chi connectivity index (χ4v) is 0.526. The molecule has 0 rings (SSSR count). The summed E-state index contributed by atoms with van der Waals surface area (Å²) < 4.78 is 12.9. The molecule has 0 bridgehead atoms. The van der Waals surface area contributed by atoms with Crippen LogP contribution in [0.1, 0.15) is 6.92 Å². The molecule has 0 aliphatic rings. The molecule has 1 atom stereocenters. The first-order valence-electron chi connectivity index (χ1n) is 3.09. The van der Waals surface area contributed by atoms with E-state index in [1.807, 2.05) is 0 Å². The maximum Gasteiger partial charge on any atom is 0.510 e. The van der Waals surface area contributed by atoms with Gasteiger partial charge in [0.2, 0.25) is 0 Å². The van der Waals surface area contributed by atoms with E-state index in [1.54, 1.807) is 0 Å². The molecule has 0 saturated carbocycles. The number of halogens is 1. The van der Waals surface area contributed by atoms with Crippen molar-refractivity contribution in [3.8, 4) is 0 Å². The summed E-state index contributed by atoms with van der Waals surface area (Å²) >= 11 is 5.05. The lowest BCUT2D eigenvalue weighted by Gasteiger charge is -2.09. The Kier molecular flexibility index (Phi) is 5.19. The minimum atomic E-state index is -0.997. The minimum Gasteiger partial charge on any atom is -0.466 e. The number of esters is 1. The van der Waals surface area contributed by atoms with Crippen LogP contribution in [0, 0.1) is 0 Å². The Hall–Kier alpha value is -0.970. The number of ether oxygens (including phenoxy) is 3. The predicted molar refractivity (Wildman–Crippen MR) is 39.8 cm³/mol. The highest BCUT2D eigenvalue weighted by atomic mass is 35.5. The molecule has 70 valence electrons. The van der Waals surface area contributed by atoms with Gasteiger partial charge in [0.15, 0.2) is 12.2 Å². The molecule has 1 unspecified atom stereocenters. The highest BCUT2D eigenvalue weighted by Gasteiger charge is 2.18. The van der Waals surface area contributed by atoms with Crippen LogP contribution in [-0.2, 0) is 19.0 Å². The Balaban J connectivity index is 3.75. The van der Waals surface area contributed by atoms with Crippen LogP contribution in [0.2, 0.25) is 0 Å². The summed E-state index contributed by atoms with van der Waals surface area (Å²) in [7, 11) is 1.19. The van der Waals surface area contributed by atoms with E-state index in [4.69, 9.17) is 11.6 Å². The second kappa shape index (κ2) is 5.65. The van der Waals surface area contributed by atoms with Crippen molar-refractivity contribution in [1.29, 1.82) is 0 Å². The van der Waals surface area contributed by atoms with Gasteiger partial charge in [-0.25, -0.2) is 9.59 Å². The summed E-state index contributed by atoms with van der Waals surface area (Å²) in [5.74, 6) is -0.651. The van der Waals surface area contributed by atoms with Gasteiger partial charge in [0.05, 0.1) is 7.11 Å². The van der Waals surface area contributed by atoms with Crippen molar-refractivity contribution in [2.24, 2.45) is 0 Å². The molecule has 6 heteroatoms. The monoisotopic (exact) mass is 196 g/mol. The van der Waals surface area contributed by atoms with Crippen LogP contribution in [0.4, 0.5) is 4.79 Å². The van der Waals surface area contributed by atoms with Gasteiger partial charge in [-0.15, -0.1) is 0 Å². The van der Waals surface area contributed by atoms with Crippen LogP contribution < -0.4 is 0 Å². The number of rotatable bonds is 3. The van der Waals surface area contributed by atoms with E-state index in [1.165, 1.54) is 14.0 Å². The average Bonchev–Trinajstić information content (AvgIpc) is 2.03. The third-order valence-electron chi connectivity index (χ3n) is 0.979. The largest absolute Gasteiger partial charge is 0.510 e. The van der Waals surface area contributed by atoms with Crippen molar-refractivity contribution in [2.75, 3.05) is 13.2 Å². The molecular weight excluding hydrogens is 188 g/mol. The van der Waals surface area contributed by atoms with E-state index in [-0.39, 0.29) is 6.07 Å². The number of alkyl halides is 1. The molecule has 0 aromatic rings. The van der Waals surface area contributed by atoms with Crippen LogP contribution in [-0.4, -0.2) is 31.4 Å². The highest BCUT2D eigenvalue weighted by molar-refractivity contribution is 6.17. The van der Waals surface area contributed by atoms with Crippen molar-refractivity contribution in [2.45, 2.75) is 13.0 Å². The zero-order valence-electron chi connectivity index (χ0n) is 6.70. The summed E-state index contributed by atoms with van der Waals surface area (Å²) in [6.07, 6.45) is -1.98. The second-order valence-electron chi connectivity index (χ2n) is 1.79. The first kappa shape index (κ1) is 11.0. The van der Waals surface area contributed by atoms with Crippen molar-refractivity contribution in [3.05, 3.63) is 0 Å². The summed E-state index contributed by atoms with van der Waals surface area (Å²) in [5.41, 5.74) is 0. The number of carbonyl (C=O) groups excluding carboxylic acids is 2. The van der Waals surface area contributed by atoms with Gasteiger partial charge in [0.25, 0.3) is 0 Å². The van der Waals surface area contributed by atoms with E-state index in [0.29, 0.717) is 0 Å². The SMILES string of the molecule is COC(=O)C(C)OC(=O)OCCl. The molecule has 0 aromatic carbocycles. The lowest BCUT2D eigenvalue weighted by atomic mass is 10.4. The molecular formula is C6H9ClO5. The first-order chi connectivity index (χ1) is 5.61. The van der Waals surface area contributed by atoms with Gasteiger partial charge in [-0.2, -0.15) is 0 Å². The Bertz CT molecular complexity index is 169. The molecule has 0 aliphatic heterocycles. The van der Waals surface area contributed by atoms with Gasteiger partial charge >= 0.3 is 12.1 Å². The summed E-state index contributed by atoms with van der Waals surface area (Å²) in [6, 6.07) is -0.313. The van der Waals surface area contributed by atoms with Gasteiger partial charge in [-0.1, -0.05) is 11.6 Å². The Labute approximate surface area is 74.5 Å². The maximum atomic E-state index is 10.7. The maximum absolute atomic E-state index is 10.7. The third kappa shape index (κ3) is 4.02. The van der Waals surface area contributed by atoms with Gasteiger partial charge in [0.1, 0.15) is 0 Å². The van der Waals surface area contributed by atoms with Crippen molar-refractivity contribution in [1.82, 2.24) is 0 Å². The van der Waals surface area contributed by atoms with Gasteiger partial charge in [-0.05, 0) is 6.92 Å². The number of hydrogen-bond acceptors (Lipinski definition) is 5. The first-order valence-corrected chi connectivity index (χ1v) is 3.62. The van der Waals surface area contributed by atoms with Gasteiger partial charge < -0.3 is 14.2 Å². The van der Waals surface area contributed by atoms with Gasteiger partial charge in [-0.3, -0.25) is 0 Å². The summed E-state index contributed by atoms with van der Waals surface area (Å²) in [5, 5.41) is 0. The molecule has 0 amide bonds. The fraction of sp³-hybridized carbons (Fsp3) is 0.667. The molecule has 0 radical (unpaired) electrons. The molecule has 12 heavy (non-hydrogen) atoms. The van der Waals surface area contributed by atoms with Gasteiger partial charge in [0, 0.05) is 0 Å². The lowest BCUT2D eigenvalue weighted by molar-refractivity contribution is -0.150. The van der Waals surface area contributed by atoms with Crippen LogP contribution >= 0.6 is 11.6 Å². The summed E-state index contributed by atoms with van der Waals surface area (Å²) in [4.78, 5) is 21.2. The molecule has 0 fully saturated rings. The molecule has 0 N–H and O–H groups in total. The molecule has 0 saturated heterocycles. The topological polar surface area (TPSA) is 61.8 Å². The normalized spacial score (nSPS) is 11.6. The molecule has 0 spiro atoms. The van der Waals surface area contributed by atoms with Crippen molar-refractivity contribution >= 4 is 23.7 Å². The standard InChI is InChI=1S/C6H9ClO5/c1-4(5(8)10-2)12-6(9)11-3-7/h4H,3H2,1-2H3. The zero-order chi connectivity index (χ0) is 9.56. The van der Waals surface area contributed by atoms with Crippen LogP contribution in [0.3, 0.4) is 0 Å². The number of carbonyl (C=O) groups is 2. The van der Waals surface area contributed by atoms with E-state index in [0.717, 1.165) is 0 Å². The second-order valence-corrected chi connectivity index (χ2v) is 2.00. The van der Waals surface area contributed by atoms with Crippen LogP contribution in [0.25, 0.3) is 0 Å². The van der Waals surface area contributed by atoms with E-state index in [9.17, 15) is 9.59 Å². The average molecular weight is 197 g/mol. The van der Waals surface area contributed by atoms with Crippen LogP contribution in [0.15, 0.2) is 0 Å². The molecule has 0 aliphatic carbocycles. The van der Waals surface area contributed by atoms with E-state index in [2.05, 4.69) is 14.2 Å².